The molecule has 0 saturated heterocycles. The number of rotatable bonds is 5. The van der Waals surface area contributed by atoms with E-state index in [2.05, 4.69) is 26.2 Å². The molecule has 1 aliphatic carbocycles. The summed E-state index contributed by atoms with van der Waals surface area (Å²) in [4.78, 5) is 14.6. The van der Waals surface area contributed by atoms with Gasteiger partial charge in [0.1, 0.15) is 0 Å². The van der Waals surface area contributed by atoms with Crippen LogP contribution in [0.15, 0.2) is 10.8 Å². The number of amides is 1. The first-order valence-corrected chi connectivity index (χ1v) is 8.20. The topological polar surface area (TPSA) is 20.3 Å². The third kappa shape index (κ3) is 2.91. The van der Waals surface area contributed by atoms with Crippen LogP contribution in [0.4, 0.5) is 0 Å². The van der Waals surface area contributed by atoms with Gasteiger partial charge in [-0.15, -0.1) is 0 Å². The first-order chi connectivity index (χ1) is 8.24. The van der Waals surface area contributed by atoms with Crippen molar-refractivity contribution in [3.05, 3.63) is 21.9 Å². The highest BCUT2D eigenvalue weighted by atomic mass is 79.9. The third-order valence-corrected chi connectivity index (χ3v) is 4.82. The summed E-state index contributed by atoms with van der Waals surface area (Å²) in [6.45, 7) is 2.90. The van der Waals surface area contributed by atoms with Gasteiger partial charge in [0.15, 0.2) is 0 Å². The Morgan fingerprint density at radius 3 is 2.76 bits per heavy atom. The Morgan fingerprint density at radius 1 is 1.53 bits per heavy atom. The summed E-state index contributed by atoms with van der Waals surface area (Å²) < 4.78 is 0. The maximum atomic E-state index is 12.5. The maximum Gasteiger partial charge on any atom is 0.255 e. The highest BCUT2D eigenvalue weighted by Crippen LogP contribution is 2.27. The number of carbonyl (C=O) groups excluding carboxylic acids is 1. The number of hydrogen-bond donors (Lipinski definition) is 0. The molecule has 1 heterocycles. The molecule has 4 heteroatoms. The minimum absolute atomic E-state index is 0.231. The van der Waals surface area contributed by atoms with E-state index in [-0.39, 0.29) is 5.91 Å². The Kier molecular flexibility index (Phi) is 4.62. The van der Waals surface area contributed by atoms with Crippen LogP contribution < -0.4 is 0 Å². The Labute approximate surface area is 115 Å². The van der Waals surface area contributed by atoms with Gasteiger partial charge in [-0.25, -0.2) is 0 Å². The molecule has 17 heavy (non-hydrogen) atoms. The quantitative estimate of drug-likeness (QED) is 0.756. The van der Waals surface area contributed by atoms with Crippen LogP contribution in [0, 0.1) is 6.92 Å². The maximum absolute atomic E-state index is 12.5. The van der Waals surface area contributed by atoms with Crippen LogP contribution >= 0.6 is 27.3 Å². The average Bonchev–Trinajstić information content (AvgIpc) is 2.67. The summed E-state index contributed by atoms with van der Waals surface area (Å²) in [7, 11) is 0. The van der Waals surface area contributed by atoms with E-state index in [4.69, 9.17) is 0 Å². The van der Waals surface area contributed by atoms with Gasteiger partial charge in [-0.1, -0.05) is 15.9 Å². The zero-order valence-electron chi connectivity index (χ0n) is 10.1. The number of carbonyl (C=O) groups is 1. The molecule has 0 N–H and O–H groups in total. The number of halogens is 1. The molecule has 1 aromatic rings. The minimum atomic E-state index is 0.231. The molecule has 0 bridgehead atoms. The van der Waals surface area contributed by atoms with E-state index in [1.54, 1.807) is 11.3 Å². The van der Waals surface area contributed by atoms with Crippen LogP contribution in [-0.2, 0) is 0 Å². The monoisotopic (exact) mass is 315 g/mol. The van der Waals surface area contributed by atoms with Gasteiger partial charge in [-0.2, -0.15) is 11.3 Å². The third-order valence-electron chi connectivity index (χ3n) is 3.39. The second-order valence-corrected chi connectivity index (χ2v) is 6.13. The zero-order valence-corrected chi connectivity index (χ0v) is 12.5. The predicted molar refractivity (Wildman–Crippen MR) is 76.1 cm³/mol. The summed E-state index contributed by atoms with van der Waals surface area (Å²) >= 11 is 5.06. The molecule has 0 aromatic carbocycles. The van der Waals surface area contributed by atoms with Gasteiger partial charge in [-0.3, -0.25) is 4.79 Å². The second-order valence-electron chi connectivity index (χ2n) is 4.59. The van der Waals surface area contributed by atoms with Gasteiger partial charge >= 0.3 is 0 Å². The van der Waals surface area contributed by atoms with E-state index in [1.807, 2.05) is 12.3 Å². The lowest BCUT2D eigenvalue weighted by Gasteiger charge is -2.37. The van der Waals surface area contributed by atoms with Crippen molar-refractivity contribution >= 4 is 33.2 Å². The van der Waals surface area contributed by atoms with Crippen LogP contribution in [0.3, 0.4) is 0 Å². The molecule has 1 amide bonds. The number of hydrogen-bond acceptors (Lipinski definition) is 2. The van der Waals surface area contributed by atoms with E-state index in [9.17, 15) is 4.79 Å². The number of nitrogens with zero attached hydrogens (tertiary/aromatic N) is 1. The highest BCUT2D eigenvalue weighted by molar-refractivity contribution is 9.09. The molecule has 0 radical (unpaired) electrons. The van der Waals surface area contributed by atoms with Crippen LogP contribution in [0.2, 0.25) is 0 Å². The lowest BCUT2D eigenvalue weighted by atomic mass is 9.91. The van der Waals surface area contributed by atoms with E-state index in [1.165, 1.54) is 19.3 Å². The molecule has 1 aromatic heterocycles. The lowest BCUT2D eigenvalue weighted by Crippen LogP contribution is -2.44. The molecule has 2 rings (SSSR count). The van der Waals surface area contributed by atoms with Gasteiger partial charge in [0.2, 0.25) is 0 Å². The number of thiophene rings is 1. The highest BCUT2D eigenvalue weighted by Gasteiger charge is 2.29. The fourth-order valence-corrected chi connectivity index (χ4v) is 3.19. The molecule has 2 nitrogen and oxygen atoms in total. The van der Waals surface area contributed by atoms with E-state index < -0.39 is 0 Å². The number of alkyl halides is 1. The van der Waals surface area contributed by atoms with Crippen molar-refractivity contribution in [1.82, 2.24) is 4.90 Å². The molecule has 94 valence electrons. The van der Waals surface area contributed by atoms with Gasteiger partial charge in [0, 0.05) is 23.3 Å². The molecule has 1 aliphatic rings. The molecular formula is C13H18BrNOS. The molecule has 0 unspecified atom stereocenters. The molecule has 1 saturated carbocycles. The van der Waals surface area contributed by atoms with Crippen molar-refractivity contribution in [3.8, 4) is 0 Å². The average molecular weight is 316 g/mol. The first-order valence-electron chi connectivity index (χ1n) is 6.13. The summed E-state index contributed by atoms with van der Waals surface area (Å²) in [6.07, 6.45) is 4.66. The van der Waals surface area contributed by atoms with Crippen LogP contribution in [0.1, 0.15) is 41.6 Å². The van der Waals surface area contributed by atoms with Crippen molar-refractivity contribution in [1.29, 1.82) is 0 Å². The zero-order chi connectivity index (χ0) is 12.3. The lowest BCUT2D eigenvalue weighted by molar-refractivity contribution is 0.0581. The Bertz CT molecular complexity index is 387. The summed E-state index contributed by atoms with van der Waals surface area (Å²) in [5.74, 6) is 0.231. The Balaban J connectivity index is 2.09. The normalized spacial score (nSPS) is 15.6. The van der Waals surface area contributed by atoms with Crippen LogP contribution in [-0.4, -0.2) is 28.7 Å². The van der Waals surface area contributed by atoms with Gasteiger partial charge in [-0.05, 0) is 43.6 Å². The molecule has 0 spiro atoms. The number of aryl methyl sites for hydroxylation is 1. The fourth-order valence-electron chi connectivity index (χ4n) is 2.11. The van der Waals surface area contributed by atoms with Crippen molar-refractivity contribution in [2.75, 3.05) is 11.9 Å². The Morgan fingerprint density at radius 2 is 2.29 bits per heavy atom. The predicted octanol–water partition coefficient (Wildman–Crippen LogP) is 3.84. The summed E-state index contributed by atoms with van der Waals surface area (Å²) in [6, 6.07) is 0.487. The second kappa shape index (κ2) is 6.01. The summed E-state index contributed by atoms with van der Waals surface area (Å²) in [5, 5.41) is 5.00. The van der Waals surface area contributed by atoms with E-state index >= 15 is 0 Å². The van der Waals surface area contributed by atoms with E-state index in [0.29, 0.717) is 6.04 Å². The first kappa shape index (κ1) is 13.1. The molecule has 0 atom stereocenters. The van der Waals surface area contributed by atoms with Gasteiger partial charge in [0.05, 0.1) is 5.56 Å². The van der Waals surface area contributed by atoms with E-state index in [0.717, 1.165) is 29.4 Å². The summed E-state index contributed by atoms with van der Waals surface area (Å²) in [5.41, 5.74) is 2.01. The van der Waals surface area contributed by atoms with Crippen molar-refractivity contribution < 1.29 is 4.79 Å². The van der Waals surface area contributed by atoms with Crippen LogP contribution in [0.25, 0.3) is 0 Å². The fraction of sp³-hybridized carbons (Fsp3) is 0.615. The smallest absolute Gasteiger partial charge is 0.255 e. The van der Waals surface area contributed by atoms with Crippen molar-refractivity contribution in [2.45, 2.75) is 38.6 Å². The van der Waals surface area contributed by atoms with Crippen molar-refractivity contribution in [2.24, 2.45) is 0 Å². The Hall–Kier alpha value is -0.350. The standard InChI is InChI=1S/C13H18BrNOS/c1-10-8-17-9-12(10)13(16)15(7-3-6-14)11-4-2-5-11/h8-9,11H,2-7H2,1H3. The van der Waals surface area contributed by atoms with Gasteiger partial charge in [0.25, 0.3) is 5.91 Å². The van der Waals surface area contributed by atoms with Crippen molar-refractivity contribution in [3.63, 3.8) is 0 Å². The molecular weight excluding hydrogens is 298 g/mol. The van der Waals surface area contributed by atoms with Gasteiger partial charge < -0.3 is 4.90 Å². The molecule has 0 aliphatic heterocycles. The SMILES string of the molecule is Cc1cscc1C(=O)N(CCCBr)C1CCC1. The molecule has 1 fully saturated rings. The largest absolute Gasteiger partial charge is 0.336 e. The minimum Gasteiger partial charge on any atom is -0.336 e. The van der Waals surface area contributed by atoms with Crippen LogP contribution in [0.5, 0.6) is 0 Å².